The van der Waals surface area contributed by atoms with Crippen molar-refractivity contribution in [2.45, 2.75) is 32.7 Å². The molecule has 1 N–H and O–H groups in total. The van der Waals surface area contributed by atoms with Crippen molar-refractivity contribution in [1.29, 1.82) is 0 Å². The minimum absolute atomic E-state index is 0.0129. The molecule has 30 heavy (non-hydrogen) atoms. The van der Waals surface area contributed by atoms with E-state index in [1.165, 1.54) is 0 Å². The molecule has 2 amide bonds. The van der Waals surface area contributed by atoms with Gasteiger partial charge in [-0.15, -0.1) is 11.3 Å². The molecule has 0 radical (unpaired) electrons. The van der Waals surface area contributed by atoms with Crippen molar-refractivity contribution in [3.63, 3.8) is 0 Å². The molecule has 2 aromatic heterocycles. The van der Waals surface area contributed by atoms with Gasteiger partial charge in [0.2, 0.25) is 5.91 Å². The van der Waals surface area contributed by atoms with Crippen molar-refractivity contribution in [3.05, 3.63) is 23.2 Å². The summed E-state index contributed by atoms with van der Waals surface area (Å²) in [5, 5.41) is 5.16. The Balaban J connectivity index is 1.22. The maximum atomic E-state index is 13.1. The molecule has 7 nitrogen and oxygen atoms in total. The van der Waals surface area contributed by atoms with Crippen LogP contribution in [0.15, 0.2) is 17.5 Å². The Hall–Kier alpha value is -1.90. The van der Waals surface area contributed by atoms with Gasteiger partial charge in [0.25, 0.3) is 5.91 Å². The Kier molecular flexibility index (Phi) is 7.07. The van der Waals surface area contributed by atoms with E-state index in [0.29, 0.717) is 13.1 Å². The number of likely N-dealkylation sites (tertiary alicyclic amines) is 1. The van der Waals surface area contributed by atoms with Crippen molar-refractivity contribution in [3.8, 4) is 0 Å². The van der Waals surface area contributed by atoms with E-state index in [1.807, 2.05) is 11.0 Å². The van der Waals surface area contributed by atoms with Crippen LogP contribution in [0.25, 0.3) is 10.2 Å². The van der Waals surface area contributed by atoms with Crippen molar-refractivity contribution in [1.82, 2.24) is 19.7 Å². The maximum Gasteiger partial charge on any atom is 0.270 e. The van der Waals surface area contributed by atoms with Gasteiger partial charge in [-0.25, -0.2) is 0 Å². The van der Waals surface area contributed by atoms with E-state index in [2.05, 4.69) is 33.2 Å². The molecule has 0 atom stereocenters. The molecular formula is C22H32N4O3S. The van der Waals surface area contributed by atoms with Crippen LogP contribution in [-0.2, 0) is 16.1 Å². The number of aryl methyl sites for hydroxylation is 1. The summed E-state index contributed by atoms with van der Waals surface area (Å²) in [7, 11) is 0. The molecule has 0 bridgehead atoms. The van der Waals surface area contributed by atoms with Crippen LogP contribution >= 0.6 is 11.3 Å². The summed E-state index contributed by atoms with van der Waals surface area (Å²) >= 11 is 1.67. The number of fused-ring (bicyclic) bond motifs is 1. The second-order valence-corrected chi connectivity index (χ2v) is 9.06. The summed E-state index contributed by atoms with van der Waals surface area (Å²) in [4.78, 5) is 29.9. The highest BCUT2D eigenvalue weighted by atomic mass is 32.1. The van der Waals surface area contributed by atoms with Crippen LogP contribution in [0, 0.1) is 5.92 Å². The zero-order chi connectivity index (χ0) is 20.9. The molecule has 0 saturated carbocycles. The summed E-state index contributed by atoms with van der Waals surface area (Å²) < 4.78 is 8.62. The van der Waals surface area contributed by atoms with Gasteiger partial charge in [0, 0.05) is 45.2 Å². The van der Waals surface area contributed by atoms with Crippen molar-refractivity contribution in [2.24, 2.45) is 5.92 Å². The number of amides is 2. The molecular weight excluding hydrogens is 400 g/mol. The molecule has 2 fully saturated rings. The first-order valence-corrected chi connectivity index (χ1v) is 12.0. The molecule has 2 saturated heterocycles. The first-order valence-electron chi connectivity index (χ1n) is 11.1. The average molecular weight is 433 g/mol. The minimum Gasteiger partial charge on any atom is -0.379 e. The normalized spacial score (nSPS) is 18.8. The summed E-state index contributed by atoms with van der Waals surface area (Å²) in [5.41, 5.74) is 1.91. The van der Waals surface area contributed by atoms with Crippen LogP contribution in [-0.4, -0.2) is 78.7 Å². The lowest BCUT2D eigenvalue weighted by molar-refractivity contribution is -0.126. The highest BCUT2D eigenvalue weighted by molar-refractivity contribution is 7.17. The Morgan fingerprint density at radius 3 is 2.70 bits per heavy atom. The first kappa shape index (κ1) is 21.3. The van der Waals surface area contributed by atoms with E-state index in [0.717, 1.165) is 81.1 Å². The molecule has 2 aliphatic heterocycles. The van der Waals surface area contributed by atoms with Gasteiger partial charge in [0.05, 0.1) is 23.4 Å². The fraction of sp³-hybridized carbons (Fsp3) is 0.636. The van der Waals surface area contributed by atoms with E-state index in [4.69, 9.17) is 4.74 Å². The van der Waals surface area contributed by atoms with Gasteiger partial charge in [-0.3, -0.25) is 14.5 Å². The second kappa shape index (κ2) is 9.94. The van der Waals surface area contributed by atoms with Gasteiger partial charge < -0.3 is 19.5 Å². The smallest absolute Gasteiger partial charge is 0.270 e. The fourth-order valence-corrected chi connectivity index (χ4v) is 5.31. The summed E-state index contributed by atoms with van der Waals surface area (Å²) in [6.45, 7) is 9.46. The van der Waals surface area contributed by atoms with Crippen LogP contribution in [0.2, 0.25) is 0 Å². The monoisotopic (exact) mass is 432 g/mol. The van der Waals surface area contributed by atoms with Crippen LogP contribution in [0.1, 0.15) is 36.7 Å². The van der Waals surface area contributed by atoms with E-state index >= 15 is 0 Å². The number of rotatable bonds is 7. The summed E-state index contributed by atoms with van der Waals surface area (Å²) in [6.07, 6.45) is 2.44. The predicted octanol–water partition coefficient (Wildman–Crippen LogP) is 2.41. The fourth-order valence-electron chi connectivity index (χ4n) is 4.49. The number of carbonyl (C=O) groups is 2. The van der Waals surface area contributed by atoms with Crippen LogP contribution in [0.5, 0.6) is 0 Å². The Morgan fingerprint density at radius 2 is 1.97 bits per heavy atom. The predicted molar refractivity (Wildman–Crippen MR) is 119 cm³/mol. The quantitative estimate of drug-likeness (QED) is 0.683. The first-order chi connectivity index (χ1) is 14.7. The minimum atomic E-state index is 0.0129. The largest absolute Gasteiger partial charge is 0.379 e. The Bertz CT molecular complexity index is 863. The standard InChI is InChI=1S/C22H32N4O3S/c1-2-26-18-6-15-30-20(18)16-19(26)22(28)25-9-4-17(5-10-25)21(27)23-7-3-8-24-11-13-29-14-12-24/h6,15-17H,2-5,7-14H2,1H3,(H,23,27). The number of hydrogen-bond donors (Lipinski definition) is 1. The van der Waals surface area contributed by atoms with E-state index < -0.39 is 0 Å². The summed E-state index contributed by atoms with van der Waals surface area (Å²) in [6, 6.07) is 4.09. The van der Waals surface area contributed by atoms with Crippen LogP contribution in [0.3, 0.4) is 0 Å². The molecule has 164 valence electrons. The number of nitrogens with one attached hydrogen (secondary N) is 1. The molecule has 2 aliphatic rings. The van der Waals surface area contributed by atoms with Gasteiger partial charge in [0.15, 0.2) is 0 Å². The van der Waals surface area contributed by atoms with Crippen molar-refractivity contribution in [2.75, 3.05) is 52.5 Å². The third-order valence-corrected chi connectivity index (χ3v) is 7.12. The number of nitrogens with zero attached hydrogens (tertiary/aromatic N) is 3. The van der Waals surface area contributed by atoms with Crippen LogP contribution < -0.4 is 5.32 Å². The van der Waals surface area contributed by atoms with E-state index in [9.17, 15) is 9.59 Å². The number of ether oxygens (including phenoxy) is 1. The lowest BCUT2D eigenvalue weighted by Gasteiger charge is -2.31. The highest BCUT2D eigenvalue weighted by Gasteiger charge is 2.29. The molecule has 2 aromatic rings. The number of aromatic nitrogens is 1. The number of carbonyl (C=O) groups excluding carboxylic acids is 2. The summed E-state index contributed by atoms with van der Waals surface area (Å²) in [5.74, 6) is 0.241. The van der Waals surface area contributed by atoms with Crippen LogP contribution in [0.4, 0.5) is 0 Å². The number of hydrogen-bond acceptors (Lipinski definition) is 5. The van der Waals surface area contributed by atoms with E-state index in [-0.39, 0.29) is 17.7 Å². The number of piperidine rings is 1. The van der Waals surface area contributed by atoms with Crippen molar-refractivity contribution < 1.29 is 14.3 Å². The van der Waals surface area contributed by atoms with Gasteiger partial charge in [-0.2, -0.15) is 0 Å². The molecule has 0 aliphatic carbocycles. The molecule has 0 aromatic carbocycles. The van der Waals surface area contributed by atoms with Gasteiger partial charge in [0.1, 0.15) is 5.69 Å². The molecule has 0 unspecified atom stereocenters. The zero-order valence-electron chi connectivity index (χ0n) is 17.8. The van der Waals surface area contributed by atoms with Crippen molar-refractivity contribution >= 4 is 33.4 Å². The highest BCUT2D eigenvalue weighted by Crippen LogP contribution is 2.27. The number of morpholine rings is 1. The van der Waals surface area contributed by atoms with E-state index in [1.54, 1.807) is 11.3 Å². The average Bonchev–Trinajstić information content (AvgIpc) is 3.38. The second-order valence-electron chi connectivity index (χ2n) is 8.11. The number of thiophene rings is 1. The molecule has 8 heteroatoms. The Morgan fingerprint density at radius 1 is 1.20 bits per heavy atom. The molecule has 0 spiro atoms. The van der Waals surface area contributed by atoms with Gasteiger partial charge in [-0.05, 0) is 50.2 Å². The lowest BCUT2D eigenvalue weighted by atomic mass is 9.95. The van der Waals surface area contributed by atoms with Gasteiger partial charge >= 0.3 is 0 Å². The third-order valence-electron chi connectivity index (χ3n) is 6.27. The zero-order valence-corrected chi connectivity index (χ0v) is 18.6. The maximum absolute atomic E-state index is 13.1. The molecule has 4 heterocycles. The van der Waals surface area contributed by atoms with Gasteiger partial charge in [-0.1, -0.05) is 0 Å². The topological polar surface area (TPSA) is 66.8 Å². The lowest BCUT2D eigenvalue weighted by Crippen LogP contribution is -2.44. The Labute approximate surface area is 182 Å². The third kappa shape index (κ3) is 4.71. The SMILES string of the molecule is CCn1c(C(=O)N2CCC(C(=O)NCCCN3CCOCC3)CC2)cc2sccc21. The molecule has 4 rings (SSSR count).